The molecule has 0 spiro atoms. The van der Waals surface area contributed by atoms with E-state index < -0.39 is 0 Å². The van der Waals surface area contributed by atoms with Gasteiger partial charge in [0.25, 0.3) is 0 Å². The molecule has 3 unspecified atom stereocenters. The van der Waals surface area contributed by atoms with Crippen LogP contribution < -0.4 is 5.32 Å². The lowest BCUT2D eigenvalue weighted by Crippen LogP contribution is -2.46. The van der Waals surface area contributed by atoms with Gasteiger partial charge in [-0.15, -0.1) is 0 Å². The maximum atomic E-state index is 6.11. The van der Waals surface area contributed by atoms with Crippen LogP contribution in [-0.4, -0.2) is 16.0 Å². The molecule has 110 valence electrons. The largest absolute Gasteiger partial charge is 0.366 e. The van der Waals surface area contributed by atoms with Gasteiger partial charge in [0, 0.05) is 18.5 Å². The van der Waals surface area contributed by atoms with Crippen molar-refractivity contribution < 1.29 is 0 Å². The molecule has 2 bridgehead atoms. The van der Waals surface area contributed by atoms with Gasteiger partial charge in [-0.25, -0.2) is 9.97 Å². The van der Waals surface area contributed by atoms with Crippen molar-refractivity contribution in [3.8, 4) is 0 Å². The van der Waals surface area contributed by atoms with Crippen molar-refractivity contribution in [2.75, 3.05) is 5.32 Å². The molecule has 3 rings (SSSR count). The van der Waals surface area contributed by atoms with Crippen molar-refractivity contribution in [2.45, 2.75) is 59.4 Å². The molecule has 1 aromatic heterocycles. The molecular weight excluding hydrogens is 270 g/mol. The zero-order valence-corrected chi connectivity index (χ0v) is 13.6. The minimum atomic E-state index is 0.316. The summed E-state index contributed by atoms with van der Waals surface area (Å²) >= 11 is 6.11. The molecule has 0 radical (unpaired) electrons. The molecule has 1 aromatic rings. The van der Waals surface area contributed by atoms with Crippen LogP contribution in [0.3, 0.4) is 0 Å². The number of aromatic nitrogens is 2. The van der Waals surface area contributed by atoms with E-state index in [1.807, 2.05) is 6.07 Å². The molecule has 4 heteroatoms. The zero-order chi connectivity index (χ0) is 14.5. The van der Waals surface area contributed by atoms with E-state index >= 15 is 0 Å². The summed E-state index contributed by atoms with van der Waals surface area (Å²) in [6, 6.07) is 2.32. The van der Waals surface area contributed by atoms with Crippen LogP contribution in [0.15, 0.2) is 6.07 Å². The fraction of sp³-hybridized carbons (Fsp3) is 0.750. The highest BCUT2D eigenvalue weighted by Gasteiger charge is 2.59. The Labute approximate surface area is 126 Å². The smallest absolute Gasteiger partial charge is 0.134 e. The minimum Gasteiger partial charge on any atom is -0.366 e. The van der Waals surface area contributed by atoms with E-state index in [2.05, 4.69) is 43.0 Å². The van der Waals surface area contributed by atoms with E-state index in [1.165, 1.54) is 19.3 Å². The summed E-state index contributed by atoms with van der Waals surface area (Å²) in [5.74, 6) is 2.52. The number of rotatable bonds is 3. The molecule has 3 nitrogen and oxygen atoms in total. The van der Waals surface area contributed by atoms with E-state index in [0.717, 1.165) is 24.0 Å². The second-order valence-corrected chi connectivity index (χ2v) is 7.73. The highest BCUT2D eigenvalue weighted by atomic mass is 35.5. The Morgan fingerprint density at radius 2 is 2.10 bits per heavy atom. The van der Waals surface area contributed by atoms with Gasteiger partial charge in [-0.1, -0.05) is 39.3 Å². The summed E-state index contributed by atoms with van der Waals surface area (Å²) in [6.07, 6.45) is 4.82. The first-order chi connectivity index (χ1) is 9.35. The Hall–Kier alpha value is -0.830. The fourth-order valence-electron chi connectivity index (χ4n) is 4.51. The van der Waals surface area contributed by atoms with Gasteiger partial charge in [-0.3, -0.25) is 0 Å². The van der Waals surface area contributed by atoms with Gasteiger partial charge in [0.2, 0.25) is 0 Å². The maximum Gasteiger partial charge on any atom is 0.134 e. The van der Waals surface area contributed by atoms with Crippen LogP contribution in [0.4, 0.5) is 5.82 Å². The van der Waals surface area contributed by atoms with Gasteiger partial charge in [0.15, 0.2) is 0 Å². The Kier molecular flexibility index (Phi) is 3.24. The third-order valence-corrected chi connectivity index (χ3v) is 5.81. The number of fused-ring (bicyclic) bond motifs is 2. The van der Waals surface area contributed by atoms with Gasteiger partial charge >= 0.3 is 0 Å². The van der Waals surface area contributed by atoms with Crippen LogP contribution in [0.25, 0.3) is 0 Å². The lowest BCUT2D eigenvalue weighted by atomic mass is 9.68. The molecule has 0 amide bonds. The van der Waals surface area contributed by atoms with Crippen LogP contribution in [0.1, 0.15) is 52.8 Å². The van der Waals surface area contributed by atoms with Crippen LogP contribution in [0, 0.1) is 16.7 Å². The Morgan fingerprint density at radius 3 is 2.70 bits per heavy atom. The minimum absolute atomic E-state index is 0.316. The maximum absolute atomic E-state index is 6.11. The second kappa shape index (κ2) is 4.59. The summed E-state index contributed by atoms with van der Waals surface area (Å²) in [5.41, 5.74) is 0.703. The lowest BCUT2D eigenvalue weighted by molar-refractivity contribution is 0.155. The number of hydrogen-bond donors (Lipinski definition) is 1. The van der Waals surface area contributed by atoms with Crippen molar-refractivity contribution in [2.24, 2.45) is 16.7 Å². The predicted octanol–water partition coefficient (Wildman–Crippen LogP) is 4.32. The van der Waals surface area contributed by atoms with Crippen molar-refractivity contribution in [3.05, 3.63) is 17.0 Å². The number of nitrogens with one attached hydrogen (secondary N) is 1. The number of halogens is 1. The predicted molar refractivity (Wildman–Crippen MR) is 83.1 cm³/mol. The van der Waals surface area contributed by atoms with E-state index in [0.29, 0.717) is 22.0 Å². The molecule has 0 aliphatic heterocycles. The van der Waals surface area contributed by atoms with Crippen molar-refractivity contribution in [3.63, 3.8) is 0 Å². The molecule has 2 aliphatic carbocycles. The molecule has 0 aromatic carbocycles. The number of nitrogens with zero attached hydrogens (tertiary/aromatic N) is 2. The molecule has 0 saturated heterocycles. The normalized spacial score (nSPS) is 34.5. The van der Waals surface area contributed by atoms with Crippen LogP contribution >= 0.6 is 11.6 Å². The molecule has 2 saturated carbocycles. The van der Waals surface area contributed by atoms with Gasteiger partial charge in [-0.05, 0) is 36.0 Å². The van der Waals surface area contributed by atoms with Crippen molar-refractivity contribution >= 4 is 17.4 Å². The van der Waals surface area contributed by atoms with E-state index in [9.17, 15) is 0 Å². The van der Waals surface area contributed by atoms with Crippen LogP contribution in [0.5, 0.6) is 0 Å². The number of aryl methyl sites for hydroxylation is 1. The number of hydrogen-bond acceptors (Lipinski definition) is 3. The second-order valence-electron chi connectivity index (χ2n) is 7.34. The average Bonchev–Trinajstić information content (AvgIpc) is 2.85. The monoisotopic (exact) mass is 293 g/mol. The first kappa shape index (κ1) is 14.1. The average molecular weight is 294 g/mol. The molecule has 2 fully saturated rings. The van der Waals surface area contributed by atoms with Gasteiger partial charge in [-0.2, -0.15) is 0 Å². The lowest BCUT2D eigenvalue weighted by Gasteiger charge is -2.43. The van der Waals surface area contributed by atoms with Crippen molar-refractivity contribution in [1.82, 2.24) is 9.97 Å². The highest BCUT2D eigenvalue weighted by molar-refractivity contribution is 6.29. The summed E-state index contributed by atoms with van der Waals surface area (Å²) < 4.78 is 0. The molecular formula is C16H24ClN3. The Morgan fingerprint density at radius 1 is 1.35 bits per heavy atom. The SMILES string of the molecule is CCc1nc(Cl)cc(NC2C3(C)CCC(C3)C2(C)C)n1. The Balaban J connectivity index is 1.89. The fourth-order valence-corrected chi connectivity index (χ4v) is 4.71. The first-order valence-corrected chi connectivity index (χ1v) is 8.03. The van der Waals surface area contributed by atoms with Crippen LogP contribution in [0.2, 0.25) is 5.15 Å². The first-order valence-electron chi connectivity index (χ1n) is 7.65. The van der Waals surface area contributed by atoms with E-state index in [4.69, 9.17) is 11.6 Å². The standard InChI is InChI=1S/C16H24ClN3/c1-5-12-18-11(17)8-13(19-12)20-14-15(2,3)10-6-7-16(14,4)9-10/h8,10,14H,5-7,9H2,1-4H3,(H,18,19,20). The van der Waals surface area contributed by atoms with E-state index in [1.54, 1.807) is 0 Å². The van der Waals surface area contributed by atoms with Gasteiger partial charge in [0.05, 0.1) is 0 Å². The summed E-state index contributed by atoms with van der Waals surface area (Å²) in [6.45, 7) is 9.26. The molecule has 1 N–H and O–H groups in total. The molecule has 20 heavy (non-hydrogen) atoms. The quantitative estimate of drug-likeness (QED) is 0.844. The zero-order valence-electron chi connectivity index (χ0n) is 12.8. The van der Waals surface area contributed by atoms with Crippen molar-refractivity contribution in [1.29, 1.82) is 0 Å². The van der Waals surface area contributed by atoms with Crippen LogP contribution in [-0.2, 0) is 6.42 Å². The van der Waals surface area contributed by atoms with Gasteiger partial charge < -0.3 is 5.32 Å². The topological polar surface area (TPSA) is 37.8 Å². The Bertz CT molecular complexity index is 524. The third-order valence-electron chi connectivity index (χ3n) is 5.62. The number of anilines is 1. The van der Waals surface area contributed by atoms with E-state index in [-0.39, 0.29) is 0 Å². The third kappa shape index (κ3) is 2.11. The highest BCUT2D eigenvalue weighted by Crippen LogP contribution is 2.63. The molecule has 2 aliphatic rings. The molecule has 3 atom stereocenters. The summed E-state index contributed by atoms with van der Waals surface area (Å²) in [4.78, 5) is 8.83. The van der Waals surface area contributed by atoms with Gasteiger partial charge in [0.1, 0.15) is 16.8 Å². The molecule has 1 heterocycles. The summed E-state index contributed by atoms with van der Waals surface area (Å²) in [7, 11) is 0. The summed E-state index contributed by atoms with van der Waals surface area (Å²) in [5, 5.41) is 4.22.